The Balaban J connectivity index is 1.80. The minimum atomic E-state index is -4.62. The quantitative estimate of drug-likeness (QED) is 0.607. The minimum Gasteiger partial charge on any atom is -0.366 e. The predicted molar refractivity (Wildman–Crippen MR) is 80.4 cm³/mol. The van der Waals surface area contributed by atoms with Crippen molar-refractivity contribution in [1.29, 1.82) is 0 Å². The highest BCUT2D eigenvalue weighted by atomic mass is 31.2. The summed E-state index contributed by atoms with van der Waals surface area (Å²) in [5, 5.41) is 2.63. The molecule has 134 valence electrons. The minimum absolute atomic E-state index is 0.268. The Morgan fingerprint density at radius 1 is 1.33 bits per heavy atom. The van der Waals surface area contributed by atoms with Crippen LogP contribution in [0.4, 0.5) is 0 Å². The van der Waals surface area contributed by atoms with Gasteiger partial charge in [0.05, 0.1) is 12.7 Å². The fourth-order valence-corrected chi connectivity index (χ4v) is 3.55. The molecule has 24 heavy (non-hydrogen) atoms. The Morgan fingerprint density at radius 2 is 2.00 bits per heavy atom. The van der Waals surface area contributed by atoms with Crippen LogP contribution in [0.2, 0.25) is 0 Å². The van der Waals surface area contributed by atoms with Gasteiger partial charge < -0.3 is 29.3 Å². The second-order valence-corrected chi connectivity index (χ2v) is 7.63. The van der Waals surface area contributed by atoms with E-state index in [0.29, 0.717) is 5.70 Å². The molecule has 5 atom stereocenters. The van der Waals surface area contributed by atoms with Crippen molar-refractivity contribution in [3.63, 3.8) is 0 Å². The Hall–Kier alpha value is -1.06. The van der Waals surface area contributed by atoms with E-state index in [0.717, 1.165) is 0 Å². The summed E-state index contributed by atoms with van der Waals surface area (Å²) in [7, 11) is -4.62. The van der Waals surface area contributed by atoms with E-state index >= 15 is 0 Å². The third kappa shape index (κ3) is 3.62. The lowest BCUT2D eigenvalue weighted by Crippen LogP contribution is -2.40. The monoisotopic (exact) mass is 361 g/mol. The van der Waals surface area contributed by atoms with Crippen LogP contribution in [0.3, 0.4) is 0 Å². The van der Waals surface area contributed by atoms with Crippen LogP contribution in [0.1, 0.15) is 13.8 Å². The predicted octanol–water partition coefficient (Wildman–Crippen LogP) is 0.199. The molecule has 3 aliphatic rings. The lowest BCUT2D eigenvalue weighted by atomic mass is 9.91. The van der Waals surface area contributed by atoms with Crippen molar-refractivity contribution >= 4 is 13.7 Å². The van der Waals surface area contributed by atoms with Crippen molar-refractivity contribution in [2.24, 2.45) is 5.92 Å². The summed E-state index contributed by atoms with van der Waals surface area (Å²) in [4.78, 5) is 29.2. The lowest BCUT2D eigenvalue weighted by molar-refractivity contribution is -0.192. The third-order valence-corrected chi connectivity index (χ3v) is 4.57. The number of rotatable bonds is 4. The highest BCUT2D eigenvalue weighted by Gasteiger charge is 2.57. The van der Waals surface area contributed by atoms with Crippen molar-refractivity contribution in [3.05, 3.63) is 24.4 Å². The zero-order valence-corrected chi connectivity index (χ0v) is 14.1. The molecule has 3 heterocycles. The summed E-state index contributed by atoms with van der Waals surface area (Å²) in [5.41, 5.74) is 0.469. The van der Waals surface area contributed by atoms with Crippen LogP contribution < -0.4 is 5.32 Å². The Kier molecular flexibility index (Phi) is 4.46. The van der Waals surface area contributed by atoms with E-state index in [1.807, 2.05) is 0 Å². The molecule has 3 rings (SSSR count). The van der Waals surface area contributed by atoms with Gasteiger partial charge in [-0.2, -0.15) is 0 Å². The van der Waals surface area contributed by atoms with E-state index in [1.54, 1.807) is 19.9 Å². The highest BCUT2D eigenvalue weighted by molar-refractivity contribution is 7.46. The van der Waals surface area contributed by atoms with Crippen LogP contribution >= 0.6 is 7.82 Å². The molecule has 2 fully saturated rings. The van der Waals surface area contributed by atoms with Gasteiger partial charge in [0.1, 0.15) is 18.3 Å². The molecule has 2 unspecified atom stereocenters. The standard InChI is InChI=1S/C14H20NO8P/c1-7-8(4-5-10(16)15-7)11-13-12(22-14(2,3)23-13)9(21-11)6-20-24(17,18)19/h4-5,8-9,11-13H,1,6H2,2-3H3,(H,15,16)(H2,17,18,19)/t8?,9-,11+,12-,13?/m1/s1. The molecule has 2 saturated heterocycles. The largest absolute Gasteiger partial charge is 0.469 e. The first-order valence-corrected chi connectivity index (χ1v) is 8.98. The number of carbonyl (C=O) groups excluding carboxylic acids is 1. The summed E-state index contributed by atoms with van der Waals surface area (Å²) in [6, 6.07) is 0. The van der Waals surface area contributed by atoms with Crippen molar-refractivity contribution in [2.75, 3.05) is 6.61 Å². The van der Waals surface area contributed by atoms with Crippen LogP contribution in [0.25, 0.3) is 0 Å². The van der Waals surface area contributed by atoms with Gasteiger partial charge in [-0.3, -0.25) is 9.32 Å². The number of carbonyl (C=O) groups is 1. The molecule has 0 radical (unpaired) electrons. The van der Waals surface area contributed by atoms with E-state index in [2.05, 4.69) is 16.4 Å². The third-order valence-electron chi connectivity index (χ3n) is 4.09. The van der Waals surface area contributed by atoms with Gasteiger partial charge in [-0.15, -0.1) is 0 Å². The molecule has 3 N–H and O–H groups in total. The normalized spacial score (nSPS) is 38.2. The van der Waals surface area contributed by atoms with Crippen molar-refractivity contribution in [1.82, 2.24) is 5.32 Å². The molecule has 3 aliphatic heterocycles. The Morgan fingerprint density at radius 3 is 2.62 bits per heavy atom. The van der Waals surface area contributed by atoms with Gasteiger partial charge in [0.15, 0.2) is 5.79 Å². The molecule has 10 heteroatoms. The lowest BCUT2D eigenvalue weighted by Gasteiger charge is -2.30. The van der Waals surface area contributed by atoms with Crippen LogP contribution in [0.5, 0.6) is 0 Å². The number of nitrogens with one attached hydrogen (secondary N) is 1. The molecule has 0 aliphatic carbocycles. The Bertz CT molecular complexity index is 626. The van der Waals surface area contributed by atoms with Crippen molar-refractivity contribution < 1.29 is 37.9 Å². The number of ether oxygens (including phenoxy) is 3. The number of phosphoric acid groups is 1. The van der Waals surface area contributed by atoms with E-state index in [4.69, 9.17) is 24.0 Å². The topological polar surface area (TPSA) is 124 Å². The van der Waals surface area contributed by atoms with Gasteiger partial charge >= 0.3 is 7.82 Å². The first-order chi connectivity index (χ1) is 11.1. The molecule has 0 bridgehead atoms. The number of amides is 1. The fourth-order valence-electron chi connectivity index (χ4n) is 3.21. The highest BCUT2D eigenvalue weighted by Crippen LogP contribution is 2.44. The van der Waals surface area contributed by atoms with E-state index in [1.165, 1.54) is 6.08 Å². The number of hydrogen-bond donors (Lipinski definition) is 3. The molecule has 0 saturated carbocycles. The van der Waals surface area contributed by atoms with Crippen LogP contribution in [-0.2, 0) is 28.1 Å². The van der Waals surface area contributed by atoms with E-state index < -0.39 is 38.0 Å². The molecule has 0 aromatic carbocycles. The second kappa shape index (κ2) is 6.03. The molecular weight excluding hydrogens is 341 g/mol. The second-order valence-electron chi connectivity index (χ2n) is 6.39. The average Bonchev–Trinajstić information content (AvgIpc) is 2.90. The summed E-state index contributed by atoms with van der Waals surface area (Å²) < 4.78 is 33.1. The van der Waals surface area contributed by atoms with Gasteiger partial charge in [0.25, 0.3) is 0 Å². The van der Waals surface area contributed by atoms with Gasteiger partial charge in [0, 0.05) is 17.7 Å². The zero-order chi connectivity index (χ0) is 17.7. The summed E-state index contributed by atoms with van der Waals surface area (Å²) in [6.07, 6.45) is 0.795. The van der Waals surface area contributed by atoms with Gasteiger partial charge in [-0.1, -0.05) is 12.7 Å². The average molecular weight is 361 g/mol. The molecule has 9 nitrogen and oxygen atoms in total. The van der Waals surface area contributed by atoms with Crippen molar-refractivity contribution in [2.45, 2.75) is 44.1 Å². The maximum atomic E-state index is 11.4. The van der Waals surface area contributed by atoms with Crippen LogP contribution in [0.15, 0.2) is 24.4 Å². The summed E-state index contributed by atoms with van der Waals surface area (Å²) >= 11 is 0. The fraction of sp³-hybridized carbons (Fsp3) is 0.643. The smallest absolute Gasteiger partial charge is 0.366 e. The van der Waals surface area contributed by atoms with Crippen LogP contribution in [0, 0.1) is 5.92 Å². The molecule has 1 amide bonds. The van der Waals surface area contributed by atoms with Crippen molar-refractivity contribution in [3.8, 4) is 0 Å². The first kappa shape index (κ1) is 17.8. The van der Waals surface area contributed by atoms with E-state index in [9.17, 15) is 9.36 Å². The summed E-state index contributed by atoms with van der Waals surface area (Å²) in [5.74, 6) is -1.47. The maximum Gasteiger partial charge on any atom is 0.469 e. The van der Waals surface area contributed by atoms with Gasteiger partial charge in [-0.25, -0.2) is 4.57 Å². The summed E-state index contributed by atoms with van der Waals surface area (Å²) in [6.45, 7) is 6.99. The van der Waals surface area contributed by atoms with Crippen LogP contribution in [-0.4, -0.2) is 52.5 Å². The van der Waals surface area contributed by atoms with E-state index in [-0.39, 0.29) is 18.4 Å². The maximum absolute atomic E-state index is 11.4. The molecule has 0 spiro atoms. The number of hydrogen-bond acceptors (Lipinski definition) is 6. The number of phosphoric ester groups is 1. The molecule has 0 aromatic heterocycles. The van der Waals surface area contributed by atoms with Gasteiger partial charge in [0.2, 0.25) is 5.91 Å². The molecular formula is C14H20NO8P. The zero-order valence-electron chi connectivity index (χ0n) is 13.2. The van der Waals surface area contributed by atoms with Gasteiger partial charge in [-0.05, 0) is 13.8 Å². The SMILES string of the molecule is C=C1NC(=O)C=CC1[C@@H]1O[C@H](COP(=O)(O)O)[C@H]2OC(C)(C)OC12. The first-order valence-electron chi connectivity index (χ1n) is 7.45. The Labute approximate surface area is 138 Å². The number of fused-ring (bicyclic) bond motifs is 1. The molecule has 0 aromatic rings.